The smallest absolute Gasteiger partial charge is 0.191 e. The Kier molecular flexibility index (Phi) is 8.67. The molecule has 1 heterocycles. The predicted octanol–water partition coefficient (Wildman–Crippen LogP) is 3.76. The summed E-state index contributed by atoms with van der Waals surface area (Å²) < 4.78 is 0. The fourth-order valence-corrected chi connectivity index (χ4v) is 3.69. The molecule has 0 aromatic heterocycles. The highest BCUT2D eigenvalue weighted by atomic mass is 127. The van der Waals surface area contributed by atoms with Gasteiger partial charge in [-0.2, -0.15) is 0 Å². The minimum atomic E-state index is 0. The van der Waals surface area contributed by atoms with E-state index in [-0.39, 0.29) is 24.0 Å². The van der Waals surface area contributed by atoms with E-state index in [0.717, 1.165) is 37.6 Å². The van der Waals surface area contributed by atoms with E-state index in [2.05, 4.69) is 60.6 Å². The zero-order chi connectivity index (χ0) is 17.6. The van der Waals surface area contributed by atoms with Gasteiger partial charge in [0.1, 0.15) is 0 Å². The molecule has 1 aliphatic heterocycles. The Morgan fingerprint density at radius 3 is 2.77 bits per heavy atom. The van der Waals surface area contributed by atoms with E-state index in [1.165, 1.54) is 43.5 Å². The van der Waals surface area contributed by atoms with Gasteiger partial charge in [-0.05, 0) is 51.1 Å². The molecular formula is C21H35IN4. The Morgan fingerprint density at radius 2 is 2.08 bits per heavy atom. The molecule has 1 aromatic rings. The second kappa shape index (κ2) is 10.5. The molecule has 26 heavy (non-hydrogen) atoms. The molecule has 1 saturated carbocycles. The van der Waals surface area contributed by atoms with Crippen LogP contribution in [0.4, 0.5) is 0 Å². The molecule has 146 valence electrons. The first-order valence-corrected chi connectivity index (χ1v) is 9.98. The van der Waals surface area contributed by atoms with Crippen molar-refractivity contribution in [3.8, 4) is 0 Å². The monoisotopic (exact) mass is 470 g/mol. The lowest BCUT2D eigenvalue weighted by molar-refractivity contribution is 0.314. The molecule has 2 unspecified atom stereocenters. The molecule has 3 rings (SSSR count). The Bertz CT molecular complexity index is 585. The highest BCUT2D eigenvalue weighted by Gasteiger charge is 2.34. The molecule has 1 aromatic carbocycles. The van der Waals surface area contributed by atoms with E-state index in [1.807, 2.05) is 0 Å². The van der Waals surface area contributed by atoms with E-state index in [4.69, 9.17) is 4.99 Å². The van der Waals surface area contributed by atoms with Crippen molar-refractivity contribution in [1.29, 1.82) is 0 Å². The van der Waals surface area contributed by atoms with Gasteiger partial charge in [0.2, 0.25) is 0 Å². The molecule has 0 amide bonds. The number of nitrogens with one attached hydrogen (secondary N) is 2. The fourth-order valence-electron chi connectivity index (χ4n) is 3.69. The van der Waals surface area contributed by atoms with Crippen molar-refractivity contribution in [2.24, 2.45) is 10.9 Å². The fraction of sp³-hybridized carbons (Fsp3) is 0.667. The highest BCUT2D eigenvalue weighted by molar-refractivity contribution is 14.0. The number of benzene rings is 1. The minimum absolute atomic E-state index is 0. The lowest BCUT2D eigenvalue weighted by Gasteiger charge is -2.17. The van der Waals surface area contributed by atoms with Crippen molar-refractivity contribution in [3.05, 3.63) is 35.4 Å². The molecule has 0 spiro atoms. The van der Waals surface area contributed by atoms with Crippen molar-refractivity contribution in [3.63, 3.8) is 0 Å². The number of hydrogen-bond donors (Lipinski definition) is 2. The number of likely N-dealkylation sites (tertiary alicyclic amines) is 1. The molecule has 0 bridgehead atoms. The molecule has 1 aliphatic carbocycles. The molecule has 2 atom stereocenters. The van der Waals surface area contributed by atoms with Crippen LogP contribution in [0.15, 0.2) is 29.3 Å². The van der Waals surface area contributed by atoms with Gasteiger partial charge in [-0.25, -0.2) is 0 Å². The summed E-state index contributed by atoms with van der Waals surface area (Å²) in [5, 5.41) is 6.97. The lowest BCUT2D eigenvalue weighted by Crippen LogP contribution is -2.40. The van der Waals surface area contributed by atoms with Crippen LogP contribution in [0.2, 0.25) is 0 Å². The third-order valence-electron chi connectivity index (χ3n) is 5.42. The molecule has 2 fully saturated rings. The Labute approximate surface area is 176 Å². The van der Waals surface area contributed by atoms with Gasteiger partial charge in [0.15, 0.2) is 5.96 Å². The number of guanidine groups is 1. The Morgan fingerprint density at radius 1 is 1.27 bits per heavy atom. The van der Waals surface area contributed by atoms with Crippen LogP contribution in [-0.2, 0) is 0 Å². The summed E-state index contributed by atoms with van der Waals surface area (Å²) in [5.74, 6) is 2.16. The first-order valence-electron chi connectivity index (χ1n) is 9.98. The Balaban J connectivity index is 0.00000243. The maximum Gasteiger partial charge on any atom is 0.191 e. The summed E-state index contributed by atoms with van der Waals surface area (Å²) in [6.45, 7) is 11.8. The van der Waals surface area contributed by atoms with E-state index < -0.39 is 0 Å². The maximum atomic E-state index is 4.83. The number of aryl methyl sites for hydroxylation is 1. The number of rotatable bonds is 7. The normalized spacial score (nSPS) is 22.0. The van der Waals surface area contributed by atoms with Crippen LogP contribution in [0.5, 0.6) is 0 Å². The summed E-state index contributed by atoms with van der Waals surface area (Å²) in [6, 6.07) is 9.67. The second-order valence-electron chi connectivity index (χ2n) is 7.80. The number of nitrogens with zero attached hydrogens (tertiary/aromatic N) is 2. The van der Waals surface area contributed by atoms with Crippen LogP contribution in [0.25, 0.3) is 0 Å². The average molecular weight is 470 g/mol. The van der Waals surface area contributed by atoms with Gasteiger partial charge in [-0.1, -0.05) is 36.8 Å². The maximum absolute atomic E-state index is 4.83. The van der Waals surface area contributed by atoms with Gasteiger partial charge in [0.25, 0.3) is 0 Å². The number of aliphatic imine (C=N–C) groups is 1. The van der Waals surface area contributed by atoms with Crippen LogP contribution in [-0.4, -0.2) is 49.6 Å². The van der Waals surface area contributed by atoms with Gasteiger partial charge < -0.3 is 15.5 Å². The van der Waals surface area contributed by atoms with E-state index in [1.54, 1.807) is 0 Å². The lowest BCUT2D eigenvalue weighted by atomic mass is 10.00. The first-order chi connectivity index (χ1) is 12.2. The standard InChI is InChI=1S/C21H34N4.HI/c1-4-22-21(23-13-17(3)19-7-5-6-16(2)12-19)24-14-18-10-11-25(15-18)20-8-9-20;/h5-7,12,17-18,20H,4,8-11,13-15H2,1-3H3,(H2,22,23,24);1H. The second-order valence-corrected chi connectivity index (χ2v) is 7.80. The Hall–Kier alpha value is -0.820. The zero-order valence-corrected chi connectivity index (χ0v) is 18.8. The van der Waals surface area contributed by atoms with Crippen molar-refractivity contribution in [1.82, 2.24) is 15.5 Å². The third-order valence-corrected chi connectivity index (χ3v) is 5.42. The molecule has 1 saturated heterocycles. The summed E-state index contributed by atoms with van der Waals surface area (Å²) in [4.78, 5) is 7.50. The number of halogens is 1. The predicted molar refractivity (Wildman–Crippen MR) is 122 cm³/mol. The summed E-state index contributed by atoms with van der Waals surface area (Å²) >= 11 is 0. The SMILES string of the molecule is CCNC(=NCC(C)c1cccc(C)c1)NCC1CCN(C2CC2)C1.I. The quantitative estimate of drug-likeness (QED) is 0.362. The van der Waals surface area contributed by atoms with Crippen molar-refractivity contribution >= 4 is 29.9 Å². The molecular weight excluding hydrogens is 435 g/mol. The third kappa shape index (κ3) is 6.41. The largest absolute Gasteiger partial charge is 0.357 e. The minimum Gasteiger partial charge on any atom is -0.357 e. The van der Waals surface area contributed by atoms with Crippen molar-refractivity contribution in [2.45, 2.75) is 52.0 Å². The van der Waals surface area contributed by atoms with Crippen LogP contribution in [0, 0.1) is 12.8 Å². The van der Waals surface area contributed by atoms with E-state index >= 15 is 0 Å². The molecule has 0 radical (unpaired) electrons. The van der Waals surface area contributed by atoms with Crippen LogP contribution >= 0.6 is 24.0 Å². The van der Waals surface area contributed by atoms with Crippen molar-refractivity contribution in [2.75, 3.05) is 32.7 Å². The summed E-state index contributed by atoms with van der Waals surface area (Å²) in [7, 11) is 0. The molecule has 2 aliphatic rings. The van der Waals surface area contributed by atoms with Gasteiger partial charge >= 0.3 is 0 Å². The van der Waals surface area contributed by atoms with E-state index in [9.17, 15) is 0 Å². The van der Waals surface area contributed by atoms with Crippen LogP contribution in [0.1, 0.15) is 50.2 Å². The summed E-state index contributed by atoms with van der Waals surface area (Å²) in [6.07, 6.45) is 4.16. The molecule has 4 nitrogen and oxygen atoms in total. The van der Waals surface area contributed by atoms with Crippen LogP contribution in [0.3, 0.4) is 0 Å². The molecule has 5 heteroatoms. The van der Waals surface area contributed by atoms with Gasteiger partial charge in [-0.15, -0.1) is 24.0 Å². The van der Waals surface area contributed by atoms with Crippen molar-refractivity contribution < 1.29 is 0 Å². The molecule has 2 N–H and O–H groups in total. The zero-order valence-electron chi connectivity index (χ0n) is 16.5. The van der Waals surface area contributed by atoms with Gasteiger partial charge in [0, 0.05) is 38.1 Å². The topological polar surface area (TPSA) is 39.7 Å². The van der Waals surface area contributed by atoms with Crippen LogP contribution < -0.4 is 10.6 Å². The number of hydrogen-bond acceptors (Lipinski definition) is 2. The average Bonchev–Trinajstić information content (AvgIpc) is 3.35. The highest BCUT2D eigenvalue weighted by Crippen LogP contribution is 2.31. The van der Waals surface area contributed by atoms with Gasteiger partial charge in [-0.3, -0.25) is 4.99 Å². The first kappa shape index (κ1) is 21.5. The van der Waals surface area contributed by atoms with E-state index in [0.29, 0.717) is 5.92 Å². The summed E-state index contributed by atoms with van der Waals surface area (Å²) in [5.41, 5.74) is 2.69. The van der Waals surface area contributed by atoms with Gasteiger partial charge in [0.05, 0.1) is 0 Å².